The quantitative estimate of drug-likeness (QED) is 0.593. The van der Waals surface area contributed by atoms with Crippen molar-refractivity contribution >= 4 is 23.4 Å². The number of anilines is 1. The van der Waals surface area contributed by atoms with E-state index in [0.29, 0.717) is 25.9 Å². The fraction of sp³-hybridized carbons (Fsp3) is 0.571. The summed E-state index contributed by atoms with van der Waals surface area (Å²) >= 11 is 0. The summed E-state index contributed by atoms with van der Waals surface area (Å²) in [5, 5.41) is 5.74. The first-order valence-corrected chi connectivity index (χ1v) is 9.87. The number of carbonyl (C=O) groups is 3. The highest BCUT2D eigenvalue weighted by Crippen LogP contribution is 2.21. The summed E-state index contributed by atoms with van der Waals surface area (Å²) < 4.78 is 0. The van der Waals surface area contributed by atoms with E-state index in [9.17, 15) is 14.4 Å². The summed E-state index contributed by atoms with van der Waals surface area (Å²) in [4.78, 5) is 37.6. The van der Waals surface area contributed by atoms with E-state index in [0.717, 1.165) is 30.6 Å². The second-order valence-electron chi connectivity index (χ2n) is 8.39. The van der Waals surface area contributed by atoms with Crippen LogP contribution in [0.15, 0.2) is 24.3 Å². The number of rotatable bonds is 8. The number of hydrogen-bond acceptors (Lipinski definition) is 4. The lowest BCUT2D eigenvalue weighted by atomic mass is 9.96. The van der Waals surface area contributed by atoms with Gasteiger partial charge >= 0.3 is 0 Å². The molecule has 0 spiro atoms. The first kappa shape index (κ1) is 21.9. The minimum absolute atomic E-state index is 0.0169. The molecule has 0 aliphatic carbocycles. The van der Waals surface area contributed by atoms with E-state index in [4.69, 9.17) is 5.73 Å². The number of nitrogens with zero attached hydrogens (tertiary/aromatic N) is 1. The van der Waals surface area contributed by atoms with Gasteiger partial charge in [-0.25, -0.2) is 0 Å². The third-order valence-electron chi connectivity index (χ3n) is 4.84. The van der Waals surface area contributed by atoms with Gasteiger partial charge in [-0.05, 0) is 43.5 Å². The maximum atomic E-state index is 12.2. The van der Waals surface area contributed by atoms with Gasteiger partial charge in [-0.3, -0.25) is 19.3 Å². The summed E-state index contributed by atoms with van der Waals surface area (Å²) in [6.45, 7) is 7.54. The van der Waals surface area contributed by atoms with Gasteiger partial charge in [-0.15, -0.1) is 0 Å². The van der Waals surface area contributed by atoms with Gasteiger partial charge in [0.25, 0.3) is 0 Å². The number of carbonyl (C=O) groups excluding carboxylic acids is 3. The molecule has 0 bridgehead atoms. The lowest BCUT2D eigenvalue weighted by Gasteiger charge is -2.22. The van der Waals surface area contributed by atoms with E-state index in [1.54, 1.807) is 0 Å². The Morgan fingerprint density at radius 1 is 1.25 bits per heavy atom. The molecule has 1 aliphatic rings. The van der Waals surface area contributed by atoms with Crippen molar-refractivity contribution in [2.45, 2.75) is 59.0 Å². The standard InChI is InChI=1S/C21H32N4O3/c1-21(2,3)20(28)23-11-5-10-18(26)24-16-8-4-7-15(13-16)14-25-12-6-9-17(25)19(22)27/h4,7-8,13,17H,5-6,9-12,14H2,1-3H3,(H2,22,27)(H,23,28)(H,24,26). The molecular formula is C21H32N4O3. The van der Waals surface area contributed by atoms with Crippen LogP contribution in [0.1, 0.15) is 52.0 Å². The third kappa shape index (κ3) is 6.64. The average molecular weight is 389 g/mol. The highest BCUT2D eigenvalue weighted by atomic mass is 16.2. The number of amides is 3. The molecule has 2 rings (SSSR count). The first-order chi connectivity index (χ1) is 13.2. The van der Waals surface area contributed by atoms with Crippen LogP contribution in [0.2, 0.25) is 0 Å². The highest BCUT2D eigenvalue weighted by molar-refractivity contribution is 5.90. The first-order valence-electron chi connectivity index (χ1n) is 9.87. The molecule has 1 atom stereocenters. The molecule has 1 unspecified atom stereocenters. The monoisotopic (exact) mass is 388 g/mol. The van der Waals surface area contributed by atoms with E-state index in [-0.39, 0.29) is 23.8 Å². The summed E-state index contributed by atoms with van der Waals surface area (Å²) in [6, 6.07) is 7.44. The molecule has 154 valence electrons. The Morgan fingerprint density at radius 2 is 2.00 bits per heavy atom. The minimum atomic E-state index is -0.425. The smallest absolute Gasteiger partial charge is 0.234 e. The van der Waals surface area contributed by atoms with Gasteiger partial charge in [0.15, 0.2) is 0 Å². The maximum absolute atomic E-state index is 12.2. The predicted octanol–water partition coefficient (Wildman–Crippen LogP) is 2.02. The van der Waals surface area contributed by atoms with Crippen LogP contribution in [-0.4, -0.2) is 41.8 Å². The lowest BCUT2D eigenvalue weighted by molar-refractivity contribution is -0.128. The SMILES string of the molecule is CC(C)(C)C(=O)NCCCC(=O)Nc1cccc(CN2CCCC2C(N)=O)c1. The Labute approximate surface area is 167 Å². The second-order valence-corrected chi connectivity index (χ2v) is 8.39. The van der Waals surface area contributed by atoms with Crippen molar-refractivity contribution in [2.75, 3.05) is 18.4 Å². The maximum Gasteiger partial charge on any atom is 0.234 e. The molecule has 1 fully saturated rings. The summed E-state index contributed by atoms with van der Waals surface area (Å²) in [7, 11) is 0. The van der Waals surface area contributed by atoms with E-state index in [1.165, 1.54) is 0 Å². The van der Waals surface area contributed by atoms with E-state index in [2.05, 4.69) is 15.5 Å². The van der Waals surface area contributed by atoms with Crippen LogP contribution in [0.5, 0.6) is 0 Å². The summed E-state index contributed by atoms with van der Waals surface area (Å²) in [5.74, 6) is -0.379. The minimum Gasteiger partial charge on any atom is -0.368 e. The molecule has 1 aliphatic heterocycles. The molecule has 7 nitrogen and oxygen atoms in total. The lowest BCUT2D eigenvalue weighted by Crippen LogP contribution is -2.39. The Hall–Kier alpha value is -2.41. The molecule has 4 N–H and O–H groups in total. The Morgan fingerprint density at radius 3 is 2.68 bits per heavy atom. The fourth-order valence-electron chi connectivity index (χ4n) is 3.26. The Kier molecular flexibility index (Phi) is 7.57. The third-order valence-corrected chi connectivity index (χ3v) is 4.84. The van der Waals surface area contributed by atoms with E-state index >= 15 is 0 Å². The molecule has 0 radical (unpaired) electrons. The highest BCUT2D eigenvalue weighted by Gasteiger charge is 2.28. The van der Waals surface area contributed by atoms with Gasteiger partial charge in [-0.1, -0.05) is 32.9 Å². The van der Waals surface area contributed by atoms with Crippen molar-refractivity contribution in [1.29, 1.82) is 0 Å². The summed E-state index contributed by atoms with van der Waals surface area (Å²) in [6.07, 6.45) is 2.69. The molecule has 1 heterocycles. The Balaban J connectivity index is 1.79. The van der Waals surface area contributed by atoms with Gasteiger partial charge < -0.3 is 16.4 Å². The molecule has 28 heavy (non-hydrogen) atoms. The molecule has 3 amide bonds. The Bertz CT molecular complexity index is 712. The molecule has 0 aromatic heterocycles. The molecule has 7 heteroatoms. The fourth-order valence-corrected chi connectivity index (χ4v) is 3.26. The zero-order chi connectivity index (χ0) is 20.7. The molecule has 1 aromatic carbocycles. The van der Waals surface area contributed by atoms with Crippen molar-refractivity contribution in [3.8, 4) is 0 Å². The number of likely N-dealkylation sites (tertiary alicyclic amines) is 1. The van der Waals surface area contributed by atoms with Gasteiger partial charge in [0, 0.05) is 30.6 Å². The van der Waals surface area contributed by atoms with Crippen molar-refractivity contribution in [3.63, 3.8) is 0 Å². The van der Waals surface area contributed by atoms with Crippen LogP contribution in [0, 0.1) is 5.41 Å². The van der Waals surface area contributed by atoms with Gasteiger partial charge in [-0.2, -0.15) is 0 Å². The zero-order valence-corrected chi connectivity index (χ0v) is 17.1. The van der Waals surface area contributed by atoms with Crippen LogP contribution >= 0.6 is 0 Å². The molecule has 1 aromatic rings. The van der Waals surface area contributed by atoms with Crippen LogP contribution in [0.4, 0.5) is 5.69 Å². The molecule has 1 saturated heterocycles. The average Bonchev–Trinajstić information content (AvgIpc) is 3.06. The normalized spacial score (nSPS) is 17.3. The van der Waals surface area contributed by atoms with Gasteiger partial charge in [0.2, 0.25) is 17.7 Å². The van der Waals surface area contributed by atoms with Crippen LogP contribution in [0.3, 0.4) is 0 Å². The van der Waals surface area contributed by atoms with Crippen LogP contribution < -0.4 is 16.4 Å². The predicted molar refractivity (Wildman–Crippen MR) is 109 cm³/mol. The summed E-state index contributed by atoms with van der Waals surface area (Å²) in [5.41, 5.74) is 6.81. The van der Waals surface area contributed by atoms with E-state index < -0.39 is 5.41 Å². The van der Waals surface area contributed by atoms with Crippen molar-refractivity contribution < 1.29 is 14.4 Å². The van der Waals surface area contributed by atoms with Crippen molar-refractivity contribution in [1.82, 2.24) is 10.2 Å². The second kappa shape index (κ2) is 9.68. The van der Waals surface area contributed by atoms with Gasteiger partial charge in [0.05, 0.1) is 6.04 Å². The van der Waals surface area contributed by atoms with E-state index in [1.807, 2.05) is 45.0 Å². The van der Waals surface area contributed by atoms with Crippen LogP contribution in [-0.2, 0) is 20.9 Å². The number of hydrogen-bond donors (Lipinski definition) is 3. The van der Waals surface area contributed by atoms with Crippen LogP contribution in [0.25, 0.3) is 0 Å². The number of benzene rings is 1. The molecule has 0 saturated carbocycles. The topological polar surface area (TPSA) is 105 Å². The van der Waals surface area contributed by atoms with Gasteiger partial charge in [0.1, 0.15) is 0 Å². The number of primary amides is 1. The van der Waals surface area contributed by atoms with Crippen molar-refractivity contribution in [2.24, 2.45) is 11.1 Å². The largest absolute Gasteiger partial charge is 0.368 e. The molecular weight excluding hydrogens is 356 g/mol. The zero-order valence-electron chi connectivity index (χ0n) is 17.1. The number of nitrogens with two attached hydrogens (primary N) is 1. The van der Waals surface area contributed by atoms with Crippen molar-refractivity contribution in [3.05, 3.63) is 29.8 Å². The number of nitrogens with one attached hydrogen (secondary N) is 2.